The number of alkyl halides is 3. The van der Waals surface area contributed by atoms with Crippen LogP contribution in [0, 0.1) is 5.92 Å². The molecule has 2 rings (SSSR count). The van der Waals surface area contributed by atoms with E-state index in [4.69, 9.17) is 0 Å². The second-order valence-electron chi connectivity index (χ2n) is 5.26. The minimum Gasteiger partial charge on any atom is -0.480 e. The molecule has 1 aliphatic rings. The molecule has 0 amide bonds. The van der Waals surface area contributed by atoms with E-state index >= 15 is 0 Å². The van der Waals surface area contributed by atoms with Gasteiger partial charge in [0.25, 0.3) is 0 Å². The summed E-state index contributed by atoms with van der Waals surface area (Å²) in [6.07, 6.45) is -3.14. The third kappa shape index (κ3) is 3.33. The summed E-state index contributed by atoms with van der Waals surface area (Å²) in [4.78, 5) is 12.8. The van der Waals surface area contributed by atoms with Crippen LogP contribution in [0.2, 0.25) is 0 Å². The Morgan fingerprint density at radius 3 is 2.67 bits per heavy atom. The van der Waals surface area contributed by atoms with Crippen LogP contribution in [0.25, 0.3) is 0 Å². The van der Waals surface area contributed by atoms with Crippen LogP contribution in [0.4, 0.5) is 18.9 Å². The van der Waals surface area contributed by atoms with Gasteiger partial charge in [0.05, 0.1) is 11.3 Å². The number of carbonyl (C=O) groups is 1. The Hall–Kier alpha value is -1.24. The number of hydrogen-bond acceptors (Lipinski definition) is 2. The molecule has 1 heterocycles. The smallest absolute Gasteiger partial charge is 0.418 e. The van der Waals surface area contributed by atoms with Crippen LogP contribution in [0.1, 0.15) is 25.3 Å². The summed E-state index contributed by atoms with van der Waals surface area (Å²) in [5.74, 6) is -1.29. The van der Waals surface area contributed by atoms with Crippen LogP contribution in [-0.4, -0.2) is 23.7 Å². The van der Waals surface area contributed by atoms with E-state index in [9.17, 15) is 23.1 Å². The first kappa shape index (κ1) is 16.1. The lowest BCUT2D eigenvalue weighted by molar-refractivity contribution is -0.141. The molecule has 3 nitrogen and oxygen atoms in total. The van der Waals surface area contributed by atoms with Crippen molar-refractivity contribution >= 4 is 27.6 Å². The van der Waals surface area contributed by atoms with Crippen molar-refractivity contribution in [2.75, 3.05) is 11.4 Å². The third-order valence-electron chi connectivity index (χ3n) is 3.76. The molecule has 1 saturated heterocycles. The Bertz CT molecular complexity index is 548. The monoisotopic (exact) mass is 365 g/mol. The van der Waals surface area contributed by atoms with Crippen molar-refractivity contribution in [1.82, 2.24) is 0 Å². The lowest BCUT2D eigenvalue weighted by Crippen LogP contribution is -2.50. The zero-order valence-electron chi connectivity index (χ0n) is 11.3. The zero-order valence-corrected chi connectivity index (χ0v) is 12.9. The number of hydrogen-bond donors (Lipinski definition) is 1. The minimum absolute atomic E-state index is 0.0733. The Kier molecular flexibility index (Phi) is 4.51. The lowest BCUT2D eigenvalue weighted by Gasteiger charge is -2.40. The summed E-state index contributed by atoms with van der Waals surface area (Å²) >= 11 is 3.16. The van der Waals surface area contributed by atoms with Crippen molar-refractivity contribution in [3.05, 3.63) is 28.2 Å². The summed E-state index contributed by atoms with van der Waals surface area (Å²) in [5, 5.41) is 9.37. The number of anilines is 1. The minimum atomic E-state index is -4.51. The van der Waals surface area contributed by atoms with Gasteiger partial charge in [-0.2, -0.15) is 13.2 Å². The highest BCUT2D eigenvalue weighted by Gasteiger charge is 2.40. The molecule has 0 spiro atoms. The van der Waals surface area contributed by atoms with Crippen LogP contribution in [0.15, 0.2) is 22.7 Å². The van der Waals surface area contributed by atoms with E-state index in [-0.39, 0.29) is 11.6 Å². The molecule has 1 aromatic rings. The summed E-state index contributed by atoms with van der Waals surface area (Å²) in [6.45, 7) is 2.07. The van der Waals surface area contributed by atoms with E-state index in [0.29, 0.717) is 23.9 Å². The fourth-order valence-electron chi connectivity index (χ4n) is 2.82. The van der Waals surface area contributed by atoms with E-state index in [1.54, 1.807) is 6.92 Å². The molecular weight excluding hydrogens is 351 g/mol. The highest BCUT2D eigenvalue weighted by Crippen LogP contribution is 2.40. The molecule has 116 valence electrons. The summed E-state index contributed by atoms with van der Waals surface area (Å²) in [6, 6.07) is 2.71. The Labute approximate surface area is 128 Å². The summed E-state index contributed by atoms with van der Waals surface area (Å²) in [7, 11) is 0. The first-order valence-electron chi connectivity index (χ1n) is 6.58. The predicted molar refractivity (Wildman–Crippen MR) is 76.3 cm³/mol. The summed E-state index contributed by atoms with van der Waals surface area (Å²) in [5.41, 5.74) is -0.873. The van der Waals surface area contributed by atoms with Gasteiger partial charge in [0.15, 0.2) is 0 Å². The van der Waals surface area contributed by atoms with Crippen LogP contribution >= 0.6 is 15.9 Å². The standard InChI is InChI=1S/C14H15BrF3NO2/c1-8-3-2-6-19(12(8)13(20)21)11-7-9(15)4-5-10(11)14(16,17)18/h4-5,7-8,12H,2-3,6H2,1H3,(H,20,21). The largest absolute Gasteiger partial charge is 0.480 e. The molecule has 2 atom stereocenters. The first-order chi connectivity index (χ1) is 9.71. The van der Waals surface area contributed by atoms with Crippen LogP contribution in [0.5, 0.6) is 0 Å². The molecule has 2 unspecified atom stereocenters. The third-order valence-corrected chi connectivity index (χ3v) is 4.25. The fourth-order valence-corrected chi connectivity index (χ4v) is 3.17. The quantitative estimate of drug-likeness (QED) is 0.855. The van der Waals surface area contributed by atoms with Gasteiger partial charge in [0, 0.05) is 11.0 Å². The van der Waals surface area contributed by atoms with Gasteiger partial charge in [-0.25, -0.2) is 4.79 Å². The Morgan fingerprint density at radius 1 is 1.43 bits per heavy atom. The maximum atomic E-state index is 13.2. The lowest BCUT2D eigenvalue weighted by atomic mass is 9.89. The van der Waals surface area contributed by atoms with E-state index in [2.05, 4.69) is 15.9 Å². The second kappa shape index (κ2) is 5.87. The molecule has 1 aliphatic heterocycles. The zero-order chi connectivity index (χ0) is 15.8. The highest BCUT2D eigenvalue weighted by atomic mass is 79.9. The van der Waals surface area contributed by atoms with Crippen LogP contribution < -0.4 is 4.90 Å². The maximum Gasteiger partial charge on any atom is 0.418 e. The number of benzene rings is 1. The number of aliphatic carboxylic acids is 1. The Balaban J connectivity index is 2.53. The van der Waals surface area contributed by atoms with Crippen molar-refractivity contribution in [3.63, 3.8) is 0 Å². The van der Waals surface area contributed by atoms with Gasteiger partial charge in [-0.05, 0) is 37.0 Å². The van der Waals surface area contributed by atoms with Gasteiger partial charge in [0.1, 0.15) is 6.04 Å². The van der Waals surface area contributed by atoms with Crippen molar-refractivity contribution in [2.45, 2.75) is 32.0 Å². The molecule has 7 heteroatoms. The average molecular weight is 366 g/mol. The van der Waals surface area contributed by atoms with E-state index in [1.807, 2.05) is 0 Å². The Morgan fingerprint density at radius 2 is 2.10 bits per heavy atom. The molecule has 0 saturated carbocycles. The predicted octanol–water partition coefficient (Wildman–Crippen LogP) is 4.16. The van der Waals surface area contributed by atoms with Gasteiger partial charge >= 0.3 is 12.1 Å². The number of halogens is 4. The number of rotatable bonds is 2. The molecule has 0 radical (unpaired) electrons. The molecule has 1 N–H and O–H groups in total. The van der Waals surface area contributed by atoms with Gasteiger partial charge < -0.3 is 10.0 Å². The SMILES string of the molecule is CC1CCCN(c2cc(Br)ccc2C(F)(F)F)C1C(=O)O. The van der Waals surface area contributed by atoms with Gasteiger partial charge in [0.2, 0.25) is 0 Å². The van der Waals surface area contributed by atoms with Crippen LogP contribution in [-0.2, 0) is 11.0 Å². The van der Waals surface area contributed by atoms with Gasteiger partial charge in [-0.1, -0.05) is 22.9 Å². The first-order valence-corrected chi connectivity index (χ1v) is 7.37. The molecule has 0 aromatic heterocycles. The molecular formula is C14H15BrF3NO2. The molecule has 1 aromatic carbocycles. The van der Waals surface area contributed by atoms with Crippen molar-refractivity contribution in [1.29, 1.82) is 0 Å². The highest BCUT2D eigenvalue weighted by molar-refractivity contribution is 9.10. The topological polar surface area (TPSA) is 40.5 Å². The molecule has 1 fully saturated rings. The number of nitrogens with zero attached hydrogens (tertiary/aromatic N) is 1. The number of carboxylic acids is 1. The molecule has 21 heavy (non-hydrogen) atoms. The van der Waals surface area contributed by atoms with Crippen molar-refractivity contribution in [3.8, 4) is 0 Å². The fraction of sp³-hybridized carbons (Fsp3) is 0.500. The van der Waals surface area contributed by atoms with E-state index < -0.39 is 23.8 Å². The van der Waals surface area contributed by atoms with Crippen LogP contribution in [0.3, 0.4) is 0 Å². The normalized spacial score (nSPS) is 23.2. The molecule has 0 aliphatic carbocycles. The molecule has 0 bridgehead atoms. The number of piperidine rings is 1. The average Bonchev–Trinajstić information content (AvgIpc) is 2.36. The van der Waals surface area contributed by atoms with Crippen molar-refractivity contribution in [2.24, 2.45) is 5.92 Å². The van der Waals surface area contributed by atoms with Gasteiger partial charge in [-0.3, -0.25) is 0 Å². The van der Waals surface area contributed by atoms with Crippen molar-refractivity contribution < 1.29 is 23.1 Å². The second-order valence-corrected chi connectivity index (χ2v) is 6.17. The van der Waals surface area contributed by atoms with E-state index in [0.717, 1.165) is 6.07 Å². The number of carboxylic acid groups (broad SMARTS) is 1. The van der Waals surface area contributed by atoms with E-state index in [1.165, 1.54) is 17.0 Å². The maximum absolute atomic E-state index is 13.2. The van der Waals surface area contributed by atoms with Gasteiger partial charge in [-0.15, -0.1) is 0 Å². The summed E-state index contributed by atoms with van der Waals surface area (Å²) < 4.78 is 40.0.